The molecule has 0 fully saturated rings. The third-order valence-corrected chi connectivity index (χ3v) is 2.33. The highest BCUT2D eigenvalue weighted by atomic mass is 14.0. The van der Waals surface area contributed by atoms with E-state index in [9.17, 15) is 0 Å². The van der Waals surface area contributed by atoms with Crippen LogP contribution in [-0.2, 0) is 12.8 Å². The predicted octanol–water partition coefficient (Wildman–Crippen LogP) is 3.51. The van der Waals surface area contributed by atoms with Crippen LogP contribution in [-0.4, -0.2) is 0 Å². The van der Waals surface area contributed by atoms with Gasteiger partial charge in [-0.3, -0.25) is 0 Å². The van der Waals surface area contributed by atoms with Gasteiger partial charge in [0.1, 0.15) is 0 Å². The first-order chi connectivity index (χ1) is 5.77. The fraction of sp³-hybridized carbons (Fsp3) is 0.500. The maximum atomic E-state index is 2.35. The fourth-order valence-electron chi connectivity index (χ4n) is 1.55. The molecule has 0 spiro atoms. The average molecular weight is 162 g/mol. The summed E-state index contributed by atoms with van der Waals surface area (Å²) in [6.07, 6.45) is 3.61. The van der Waals surface area contributed by atoms with Gasteiger partial charge in [0, 0.05) is 0 Å². The van der Waals surface area contributed by atoms with E-state index in [2.05, 4.69) is 39.0 Å². The van der Waals surface area contributed by atoms with Crippen LogP contribution in [0.2, 0.25) is 0 Å². The molecule has 0 aliphatic carbocycles. The van der Waals surface area contributed by atoms with Crippen LogP contribution >= 0.6 is 0 Å². The van der Waals surface area contributed by atoms with Gasteiger partial charge < -0.3 is 0 Å². The minimum absolute atomic E-state index is 1.16. The largest absolute Gasteiger partial charge is 0.0651 e. The molecule has 0 amide bonds. The van der Waals surface area contributed by atoms with Crippen LogP contribution in [0.5, 0.6) is 0 Å². The van der Waals surface area contributed by atoms with Crippen molar-refractivity contribution >= 4 is 0 Å². The van der Waals surface area contributed by atoms with E-state index < -0.39 is 0 Å². The van der Waals surface area contributed by atoms with E-state index in [-0.39, 0.29) is 0 Å². The van der Waals surface area contributed by atoms with Crippen LogP contribution < -0.4 is 0 Å². The van der Waals surface area contributed by atoms with E-state index in [4.69, 9.17) is 0 Å². The highest BCUT2D eigenvalue weighted by molar-refractivity contribution is 5.31. The van der Waals surface area contributed by atoms with Gasteiger partial charge >= 0.3 is 0 Å². The average Bonchev–Trinajstić information content (AvgIpc) is 2.09. The smallest absolute Gasteiger partial charge is 0.0281 e. The molecule has 66 valence electrons. The number of benzene rings is 1. The first-order valence-electron chi connectivity index (χ1n) is 4.86. The van der Waals surface area contributed by atoms with Crippen molar-refractivity contribution in [1.82, 2.24) is 0 Å². The van der Waals surface area contributed by atoms with Crippen molar-refractivity contribution in [1.29, 1.82) is 0 Å². The summed E-state index contributed by atoms with van der Waals surface area (Å²) in [7, 11) is 0. The van der Waals surface area contributed by atoms with Crippen molar-refractivity contribution in [2.24, 2.45) is 0 Å². The molecular weight excluding hydrogens is 144 g/mol. The molecule has 0 bridgehead atoms. The Bertz CT molecular complexity index is 248. The molecule has 0 radical (unpaired) electrons. The monoisotopic (exact) mass is 162 g/mol. The summed E-state index contributed by atoms with van der Waals surface area (Å²) in [5.41, 5.74) is 4.42. The lowest BCUT2D eigenvalue weighted by Crippen LogP contribution is -1.90. The van der Waals surface area contributed by atoms with E-state index in [0.29, 0.717) is 0 Å². The molecule has 0 aliphatic rings. The van der Waals surface area contributed by atoms with Crippen LogP contribution in [0.4, 0.5) is 0 Å². The lowest BCUT2D eigenvalue weighted by molar-refractivity contribution is 0.915. The predicted molar refractivity (Wildman–Crippen MR) is 54.6 cm³/mol. The highest BCUT2D eigenvalue weighted by Crippen LogP contribution is 2.12. The van der Waals surface area contributed by atoms with Gasteiger partial charge in [-0.1, -0.05) is 38.5 Å². The Morgan fingerprint density at radius 2 is 1.92 bits per heavy atom. The number of rotatable bonds is 3. The number of aryl methyl sites for hydroxylation is 3. The van der Waals surface area contributed by atoms with Crippen molar-refractivity contribution < 1.29 is 0 Å². The van der Waals surface area contributed by atoms with Crippen LogP contribution in [0.15, 0.2) is 18.2 Å². The molecule has 1 aromatic carbocycles. The van der Waals surface area contributed by atoms with E-state index in [1.807, 2.05) is 0 Å². The molecule has 12 heavy (non-hydrogen) atoms. The molecule has 0 aromatic heterocycles. The number of hydrogen-bond donors (Lipinski definition) is 0. The summed E-state index contributed by atoms with van der Waals surface area (Å²) < 4.78 is 0. The van der Waals surface area contributed by atoms with E-state index in [0.717, 1.165) is 6.42 Å². The van der Waals surface area contributed by atoms with E-state index in [1.54, 1.807) is 0 Å². The van der Waals surface area contributed by atoms with Crippen molar-refractivity contribution in [2.75, 3.05) is 0 Å². The fourth-order valence-corrected chi connectivity index (χ4v) is 1.55. The third-order valence-electron chi connectivity index (χ3n) is 2.33. The molecule has 1 aromatic rings. The van der Waals surface area contributed by atoms with Gasteiger partial charge in [-0.25, -0.2) is 0 Å². The normalized spacial score (nSPS) is 10.2. The highest BCUT2D eigenvalue weighted by Gasteiger charge is 1.97. The molecule has 1 rings (SSSR count). The van der Waals surface area contributed by atoms with Gasteiger partial charge in [0.2, 0.25) is 0 Å². The molecule has 0 N–H and O–H groups in total. The molecular formula is C12H18. The minimum Gasteiger partial charge on any atom is -0.0651 e. The zero-order valence-electron chi connectivity index (χ0n) is 8.35. The van der Waals surface area contributed by atoms with Crippen LogP contribution in [0, 0.1) is 6.92 Å². The van der Waals surface area contributed by atoms with Crippen molar-refractivity contribution in [3.05, 3.63) is 34.9 Å². The van der Waals surface area contributed by atoms with Gasteiger partial charge in [-0.15, -0.1) is 0 Å². The summed E-state index contributed by atoms with van der Waals surface area (Å²) in [6, 6.07) is 6.83. The van der Waals surface area contributed by atoms with Crippen molar-refractivity contribution in [3.8, 4) is 0 Å². The summed E-state index contributed by atoms with van der Waals surface area (Å²) in [4.78, 5) is 0. The molecule has 0 atom stereocenters. The molecule has 0 saturated heterocycles. The Hall–Kier alpha value is -0.780. The lowest BCUT2D eigenvalue weighted by atomic mass is 10.0. The first kappa shape index (κ1) is 9.31. The van der Waals surface area contributed by atoms with E-state index in [1.165, 1.54) is 29.5 Å². The van der Waals surface area contributed by atoms with Crippen LogP contribution in [0.1, 0.15) is 37.0 Å². The maximum absolute atomic E-state index is 2.35. The number of hydrogen-bond acceptors (Lipinski definition) is 0. The van der Waals surface area contributed by atoms with Gasteiger partial charge in [0.25, 0.3) is 0 Å². The molecule has 0 saturated carbocycles. The molecule has 0 aliphatic heterocycles. The summed E-state index contributed by atoms with van der Waals surface area (Å²) in [5, 5.41) is 0. The molecule has 0 nitrogen and oxygen atoms in total. The Balaban J connectivity index is 2.89. The van der Waals surface area contributed by atoms with E-state index >= 15 is 0 Å². The van der Waals surface area contributed by atoms with Crippen LogP contribution in [0.3, 0.4) is 0 Å². The standard InChI is InChI=1S/C12H18/c1-4-6-11-8-7-10(3)12(5-2)9-11/h7-9H,4-6H2,1-3H3. The molecule has 0 heteroatoms. The topological polar surface area (TPSA) is 0 Å². The SMILES string of the molecule is CCCc1ccc(C)c(CC)c1. The van der Waals surface area contributed by atoms with Crippen molar-refractivity contribution in [2.45, 2.75) is 40.0 Å². The summed E-state index contributed by atoms with van der Waals surface area (Å²) in [6.45, 7) is 6.64. The Morgan fingerprint density at radius 3 is 2.50 bits per heavy atom. The molecule has 0 unspecified atom stereocenters. The van der Waals surface area contributed by atoms with Crippen molar-refractivity contribution in [3.63, 3.8) is 0 Å². The Labute approximate surface area is 75.6 Å². The summed E-state index contributed by atoms with van der Waals surface area (Å²) in [5.74, 6) is 0. The third kappa shape index (κ3) is 2.10. The second kappa shape index (κ2) is 4.30. The second-order valence-corrected chi connectivity index (χ2v) is 3.36. The van der Waals surface area contributed by atoms with Crippen LogP contribution in [0.25, 0.3) is 0 Å². The first-order valence-corrected chi connectivity index (χ1v) is 4.86. The zero-order chi connectivity index (χ0) is 8.97. The summed E-state index contributed by atoms with van der Waals surface area (Å²) >= 11 is 0. The quantitative estimate of drug-likeness (QED) is 0.638. The Morgan fingerprint density at radius 1 is 1.17 bits per heavy atom. The van der Waals surface area contributed by atoms with Gasteiger partial charge in [0.05, 0.1) is 0 Å². The van der Waals surface area contributed by atoms with Gasteiger partial charge in [0.15, 0.2) is 0 Å². The maximum Gasteiger partial charge on any atom is -0.0281 e. The van der Waals surface area contributed by atoms with Gasteiger partial charge in [-0.2, -0.15) is 0 Å². The molecule has 0 heterocycles. The Kier molecular flexibility index (Phi) is 3.33. The second-order valence-electron chi connectivity index (χ2n) is 3.36. The van der Waals surface area contributed by atoms with Gasteiger partial charge in [-0.05, 0) is 36.5 Å². The lowest BCUT2D eigenvalue weighted by Gasteiger charge is -2.05. The zero-order valence-corrected chi connectivity index (χ0v) is 8.35. The minimum atomic E-state index is 1.16.